The van der Waals surface area contributed by atoms with Crippen LogP contribution in [-0.2, 0) is 14.8 Å². The van der Waals surface area contributed by atoms with Crippen molar-refractivity contribution in [2.75, 3.05) is 33.4 Å². The minimum atomic E-state index is -3.66. The molecule has 3 N–H and O–H groups in total. The maximum absolute atomic E-state index is 12.8. The fourth-order valence-corrected chi connectivity index (χ4v) is 4.87. The monoisotopic (exact) mass is 367 g/mol. The van der Waals surface area contributed by atoms with Crippen molar-refractivity contribution in [3.63, 3.8) is 0 Å². The highest BCUT2D eigenvalue weighted by molar-refractivity contribution is 7.89. The van der Waals surface area contributed by atoms with Gasteiger partial charge in [0, 0.05) is 38.3 Å². The highest BCUT2D eigenvalue weighted by atomic mass is 32.2. The fraction of sp³-hybridized carbons (Fsp3) is 0.588. The van der Waals surface area contributed by atoms with Crippen LogP contribution in [0.5, 0.6) is 0 Å². The third-order valence-electron chi connectivity index (χ3n) is 5.19. The molecule has 2 aliphatic rings. The van der Waals surface area contributed by atoms with Crippen molar-refractivity contribution in [3.05, 3.63) is 29.8 Å². The summed E-state index contributed by atoms with van der Waals surface area (Å²) in [4.78, 5) is 14.7. The molecule has 8 heteroatoms. The van der Waals surface area contributed by atoms with Gasteiger partial charge in [0.05, 0.1) is 11.5 Å². The van der Waals surface area contributed by atoms with Crippen molar-refractivity contribution in [1.29, 1.82) is 0 Å². The predicted octanol–water partition coefficient (Wildman–Crippen LogP) is 0.421. The van der Waals surface area contributed by atoms with Gasteiger partial charge in [0.1, 0.15) is 0 Å². The lowest BCUT2D eigenvalue weighted by Gasteiger charge is -2.19. The zero-order valence-electron chi connectivity index (χ0n) is 14.3. The average Bonchev–Trinajstić information content (AvgIpc) is 3.17. The van der Waals surface area contributed by atoms with Crippen molar-refractivity contribution in [2.45, 2.75) is 23.8 Å². The molecule has 3 unspecified atom stereocenters. The number of rotatable bonds is 6. The Labute approximate surface area is 148 Å². The van der Waals surface area contributed by atoms with E-state index in [0.29, 0.717) is 30.5 Å². The molecule has 138 valence electrons. The van der Waals surface area contributed by atoms with E-state index in [9.17, 15) is 13.2 Å². The number of fused-ring (bicyclic) bond motifs is 1. The molecule has 1 aliphatic carbocycles. The van der Waals surface area contributed by atoms with Crippen LogP contribution in [-0.4, -0.2) is 58.6 Å². The maximum atomic E-state index is 12.8. The van der Waals surface area contributed by atoms with Crippen LogP contribution in [0, 0.1) is 11.8 Å². The lowest BCUT2D eigenvalue weighted by atomic mass is 9.98. The molecule has 0 spiro atoms. The number of nitrogens with zero attached hydrogens (tertiary/aromatic N) is 1. The Kier molecular flexibility index (Phi) is 5.43. The maximum Gasteiger partial charge on any atom is 0.253 e. The predicted molar refractivity (Wildman–Crippen MR) is 93.6 cm³/mol. The Morgan fingerprint density at radius 2 is 2.16 bits per heavy atom. The van der Waals surface area contributed by atoms with E-state index in [2.05, 4.69) is 4.72 Å². The molecular formula is C17H25N3O4S. The molecule has 0 aromatic heterocycles. The number of amides is 1. The van der Waals surface area contributed by atoms with Crippen LogP contribution in [0.25, 0.3) is 0 Å². The lowest BCUT2D eigenvalue weighted by molar-refractivity contribution is 0.0779. The molecule has 7 nitrogen and oxygen atoms in total. The van der Waals surface area contributed by atoms with Crippen LogP contribution < -0.4 is 10.5 Å². The molecule has 2 fully saturated rings. The number of hydrogen-bond donors (Lipinski definition) is 2. The molecule has 0 radical (unpaired) electrons. The van der Waals surface area contributed by atoms with E-state index < -0.39 is 10.0 Å². The zero-order chi connectivity index (χ0) is 18.0. The summed E-state index contributed by atoms with van der Waals surface area (Å²) in [5.74, 6) is 0.712. The first-order valence-electron chi connectivity index (χ1n) is 8.56. The fourth-order valence-electron chi connectivity index (χ4n) is 3.81. The van der Waals surface area contributed by atoms with Gasteiger partial charge in [0.25, 0.3) is 5.91 Å². The zero-order valence-corrected chi connectivity index (χ0v) is 15.2. The van der Waals surface area contributed by atoms with Crippen molar-refractivity contribution >= 4 is 15.9 Å². The van der Waals surface area contributed by atoms with Gasteiger partial charge >= 0.3 is 0 Å². The van der Waals surface area contributed by atoms with E-state index in [1.807, 2.05) is 0 Å². The average molecular weight is 367 g/mol. The summed E-state index contributed by atoms with van der Waals surface area (Å²) in [5.41, 5.74) is 6.52. The van der Waals surface area contributed by atoms with Gasteiger partial charge < -0.3 is 15.4 Å². The Bertz CT molecular complexity index is 737. The molecule has 3 atom stereocenters. The molecule has 1 amide bonds. The second kappa shape index (κ2) is 7.41. The van der Waals surface area contributed by atoms with Gasteiger partial charge in [-0.15, -0.1) is 0 Å². The van der Waals surface area contributed by atoms with Gasteiger partial charge in [-0.25, -0.2) is 13.1 Å². The number of carbonyl (C=O) groups is 1. The Morgan fingerprint density at radius 3 is 2.88 bits per heavy atom. The van der Waals surface area contributed by atoms with Crippen LogP contribution in [0.3, 0.4) is 0 Å². The number of ether oxygens (including phenoxy) is 1. The number of hydrogen-bond acceptors (Lipinski definition) is 5. The van der Waals surface area contributed by atoms with Gasteiger partial charge in [-0.3, -0.25) is 4.79 Å². The van der Waals surface area contributed by atoms with Crippen molar-refractivity contribution in [2.24, 2.45) is 17.6 Å². The van der Waals surface area contributed by atoms with Gasteiger partial charge in [-0.05, 0) is 42.9 Å². The summed E-state index contributed by atoms with van der Waals surface area (Å²) in [6.07, 6.45) is 2.09. The first-order chi connectivity index (χ1) is 11.9. The van der Waals surface area contributed by atoms with Crippen molar-refractivity contribution in [1.82, 2.24) is 9.62 Å². The quantitative estimate of drug-likeness (QED) is 0.710. The molecule has 3 rings (SSSR count). The van der Waals surface area contributed by atoms with Crippen LogP contribution in [0.15, 0.2) is 29.2 Å². The SMILES string of the molecule is COCCNS(=O)(=O)c1cccc(C(=O)N2CC3CCC(N)C3C2)c1. The van der Waals surface area contributed by atoms with Crippen LogP contribution >= 0.6 is 0 Å². The first kappa shape index (κ1) is 18.3. The number of likely N-dealkylation sites (tertiary alicyclic amines) is 1. The summed E-state index contributed by atoms with van der Waals surface area (Å²) >= 11 is 0. The summed E-state index contributed by atoms with van der Waals surface area (Å²) in [6.45, 7) is 1.84. The largest absolute Gasteiger partial charge is 0.383 e. The minimum absolute atomic E-state index is 0.0885. The standard InChI is InChI=1S/C17H25N3O4S/c1-24-8-7-19-25(22,23)14-4-2-3-12(9-14)17(21)20-10-13-5-6-16(18)15(13)11-20/h2-4,9,13,15-16,19H,5-8,10-11,18H2,1H3. The summed E-state index contributed by atoms with van der Waals surface area (Å²) < 4.78 is 31.9. The third-order valence-corrected chi connectivity index (χ3v) is 6.65. The summed E-state index contributed by atoms with van der Waals surface area (Å²) in [6, 6.07) is 6.34. The summed E-state index contributed by atoms with van der Waals surface area (Å²) in [5, 5.41) is 0. The van der Waals surface area contributed by atoms with E-state index in [1.165, 1.54) is 19.2 Å². The number of carbonyl (C=O) groups excluding carboxylic acids is 1. The molecule has 1 saturated carbocycles. The van der Waals surface area contributed by atoms with E-state index in [0.717, 1.165) is 12.8 Å². The van der Waals surface area contributed by atoms with Crippen molar-refractivity contribution < 1.29 is 17.9 Å². The smallest absolute Gasteiger partial charge is 0.253 e. The number of nitrogens with one attached hydrogen (secondary N) is 1. The molecule has 1 heterocycles. The number of nitrogens with two attached hydrogens (primary N) is 1. The number of methoxy groups -OCH3 is 1. The van der Waals surface area contributed by atoms with Crippen LogP contribution in [0.1, 0.15) is 23.2 Å². The van der Waals surface area contributed by atoms with Gasteiger partial charge in [-0.1, -0.05) is 6.07 Å². The van der Waals surface area contributed by atoms with Crippen molar-refractivity contribution in [3.8, 4) is 0 Å². The van der Waals surface area contributed by atoms with E-state index in [4.69, 9.17) is 10.5 Å². The van der Waals surface area contributed by atoms with Gasteiger partial charge in [0.2, 0.25) is 10.0 Å². The van der Waals surface area contributed by atoms with Crippen LogP contribution in [0.2, 0.25) is 0 Å². The molecule has 1 aromatic carbocycles. The molecular weight excluding hydrogens is 342 g/mol. The minimum Gasteiger partial charge on any atom is -0.383 e. The molecule has 1 aromatic rings. The topological polar surface area (TPSA) is 102 Å². The third kappa shape index (κ3) is 3.87. The normalized spacial score (nSPS) is 26.0. The molecule has 0 bridgehead atoms. The number of sulfonamides is 1. The summed E-state index contributed by atoms with van der Waals surface area (Å²) in [7, 11) is -2.15. The van der Waals surface area contributed by atoms with Gasteiger partial charge in [-0.2, -0.15) is 0 Å². The Hall–Kier alpha value is -1.48. The Balaban J connectivity index is 1.72. The van der Waals surface area contributed by atoms with E-state index >= 15 is 0 Å². The lowest BCUT2D eigenvalue weighted by Crippen LogP contribution is -2.33. The van der Waals surface area contributed by atoms with Crippen LogP contribution in [0.4, 0.5) is 0 Å². The first-order valence-corrected chi connectivity index (χ1v) is 10.0. The highest BCUT2D eigenvalue weighted by Crippen LogP contribution is 2.37. The Morgan fingerprint density at radius 1 is 1.36 bits per heavy atom. The second-order valence-corrected chi connectivity index (χ2v) is 8.56. The van der Waals surface area contributed by atoms with Gasteiger partial charge in [0.15, 0.2) is 0 Å². The van der Waals surface area contributed by atoms with E-state index in [1.54, 1.807) is 17.0 Å². The molecule has 1 saturated heterocycles. The second-order valence-electron chi connectivity index (χ2n) is 6.79. The highest BCUT2D eigenvalue weighted by Gasteiger charge is 2.42. The number of benzene rings is 1. The molecule has 1 aliphatic heterocycles. The van der Waals surface area contributed by atoms with E-state index in [-0.39, 0.29) is 30.0 Å². The molecule has 25 heavy (non-hydrogen) atoms.